The van der Waals surface area contributed by atoms with Crippen molar-refractivity contribution in [1.82, 2.24) is 0 Å². The molecule has 1 N–H and O–H groups in total. The van der Waals surface area contributed by atoms with E-state index in [1.165, 1.54) is 60.4 Å². The van der Waals surface area contributed by atoms with Gasteiger partial charge in [0, 0.05) is 0 Å². The minimum absolute atomic E-state index is 0.273. The zero-order valence-electron chi connectivity index (χ0n) is 13.4. The third-order valence-electron chi connectivity index (χ3n) is 4.07. The minimum Gasteiger partial charge on any atom is -0.393 e. The highest BCUT2D eigenvalue weighted by Gasteiger charge is 2.02. The zero-order valence-corrected chi connectivity index (χ0v) is 13.4. The summed E-state index contributed by atoms with van der Waals surface area (Å²) in [6, 6.07) is 13.3. The van der Waals surface area contributed by atoms with Crippen LogP contribution in [0.3, 0.4) is 0 Å². The Hall–Kier alpha value is -1.34. The third-order valence-corrected chi connectivity index (χ3v) is 4.07. The molecule has 114 valence electrons. The van der Waals surface area contributed by atoms with Crippen molar-refractivity contribution in [2.24, 2.45) is 0 Å². The highest BCUT2D eigenvalue weighted by molar-refractivity contribution is 5.83. The van der Waals surface area contributed by atoms with Crippen LogP contribution < -0.4 is 0 Å². The van der Waals surface area contributed by atoms with Gasteiger partial charge in [-0.2, -0.15) is 0 Å². The average Bonchev–Trinajstić information content (AvgIpc) is 2.46. The number of aliphatic hydroxyl groups excluding tert-OH is 1. The Labute approximate surface area is 129 Å². The first kappa shape index (κ1) is 16.0. The van der Waals surface area contributed by atoms with E-state index in [0.29, 0.717) is 0 Å². The molecule has 0 aliphatic rings. The van der Waals surface area contributed by atoms with Crippen LogP contribution in [0.15, 0.2) is 36.4 Å². The average molecular weight is 284 g/mol. The van der Waals surface area contributed by atoms with E-state index in [4.69, 9.17) is 0 Å². The van der Waals surface area contributed by atoms with Gasteiger partial charge in [-0.15, -0.1) is 0 Å². The van der Waals surface area contributed by atoms with E-state index < -0.39 is 0 Å². The van der Waals surface area contributed by atoms with Crippen LogP contribution >= 0.6 is 0 Å². The minimum atomic E-state index is -0.273. The molecule has 1 unspecified atom stereocenters. The summed E-state index contributed by atoms with van der Waals surface area (Å²) in [5.74, 6) is 0. The Balaban J connectivity index is 1.98. The molecule has 0 fully saturated rings. The number of hydrogen-bond acceptors (Lipinski definition) is 1. The Morgan fingerprint density at radius 1 is 0.857 bits per heavy atom. The second kappa shape index (κ2) is 8.19. The lowest BCUT2D eigenvalue weighted by molar-refractivity contribution is 0.195. The lowest BCUT2D eigenvalue weighted by Crippen LogP contribution is -2.03. The van der Waals surface area contributed by atoms with Crippen molar-refractivity contribution in [3.63, 3.8) is 0 Å². The Kier molecular flexibility index (Phi) is 6.25. The van der Waals surface area contributed by atoms with Gasteiger partial charge in [-0.05, 0) is 48.1 Å². The highest BCUT2D eigenvalue weighted by atomic mass is 16.3. The number of benzene rings is 2. The number of rotatable bonds is 8. The van der Waals surface area contributed by atoms with Gasteiger partial charge in [-0.25, -0.2) is 0 Å². The van der Waals surface area contributed by atoms with Crippen molar-refractivity contribution in [2.75, 3.05) is 0 Å². The smallest absolute Gasteiger partial charge is 0.0552 e. The van der Waals surface area contributed by atoms with Crippen LogP contribution in [0.4, 0.5) is 0 Å². The summed E-state index contributed by atoms with van der Waals surface area (Å²) >= 11 is 0. The molecule has 0 aromatic heterocycles. The molecule has 2 aromatic rings. The van der Waals surface area contributed by atoms with Crippen LogP contribution in [0.2, 0.25) is 0 Å². The van der Waals surface area contributed by atoms with Gasteiger partial charge in [0.1, 0.15) is 0 Å². The first-order chi connectivity index (χ1) is 10.2. The van der Waals surface area contributed by atoms with Crippen LogP contribution in [0, 0.1) is 0 Å². The van der Waals surface area contributed by atoms with Gasteiger partial charge in [-0.1, -0.05) is 69.0 Å². The summed E-state index contributed by atoms with van der Waals surface area (Å²) in [7, 11) is 0. The molecule has 2 aromatic carbocycles. The van der Waals surface area contributed by atoms with Gasteiger partial charge < -0.3 is 5.11 Å². The molecule has 0 saturated carbocycles. The quantitative estimate of drug-likeness (QED) is 0.654. The molecule has 1 atom stereocenters. The third kappa shape index (κ3) is 5.17. The van der Waals surface area contributed by atoms with Gasteiger partial charge in [0.05, 0.1) is 6.10 Å². The zero-order chi connectivity index (χ0) is 15.1. The summed E-state index contributed by atoms with van der Waals surface area (Å²) < 4.78 is 0. The number of aryl methyl sites for hydroxylation is 1. The summed E-state index contributed by atoms with van der Waals surface area (Å²) in [6.07, 6.45) is 8.33. The lowest BCUT2D eigenvalue weighted by atomic mass is 9.99. The predicted molar refractivity (Wildman–Crippen MR) is 91.8 cm³/mol. The highest BCUT2D eigenvalue weighted by Crippen LogP contribution is 2.20. The first-order valence-corrected chi connectivity index (χ1v) is 8.38. The molecule has 0 aliphatic heterocycles. The van der Waals surface area contributed by atoms with E-state index in [2.05, 4.69) is 43.3 Å². The molecule has 1 heteroatoms. The molecule has 0 aliphatic carbocycles. The number of aliphatic hydroxyl groups is 1. The van der Waals surface area contributed by atoms with Gasteiger partial charge in [0.25, 0.3) is 0 Å². The van der Waals surface area contributed by atoms with Crippen LogP contribution in [0.1, 0.15) is 57.1 Å². The number of unbranched alkanes of at least 4 members (excludes halogenated alkanes) is 4. The Bertz CT molecular complexity index is 557. The molecule has 0 saturated heterocycles. The maximum Gasteiger partial charge on any atom is 0.0552 e. The van der Waals surface area contributed by atoms with Crippen LogP contribution in [-0.2, 0) is 12.8 Å². The van der Waals surface area contributed by atoms with Gasteiger partial charge in [0.15, 0.2) is 0 Å². The second-order valence-corrected chi connectivity index (χ2v) is 6.23. The summed E-state index contributed by atoms with van der Waals surface area (Å²) in [5.41, 5.74) is 2.66. The molecule has 0 heterocycles. The Morgan fingerprint density at radius 3 is 2.14 bits per heavy atom. The molecular formula is C20H28O. The normalized spacial score (nSPS) is 12.7. The summed E-state index contributed by atoms with van der Waals surface area (Å²) in [6.45, 7) is 4.10. The van der Waals surface area contributed by atoms with E-state index in [1.807, 2.05) is 6.92 Å². The fourth-order valence-corrected chi connectivity index (χ4v) is 2.90. The van der Waals surface area contributed by atoms with E-state index >= 15 is 0 Å². The fraction of sp³-hybridized carbons (Fsp3) is 0.500. The van der Waals surface area contributed by atoms with Gasteiger partial charge in [-0.3, -0.25) is 0 Å². The molecule has 21 heavy (non-hydrogen) atoms. The predicted octanol–water partition coefficient (Wildman–Crippen LogP) is 5.28. The van der Waals surface area contributed by atoms with Crippen molar-refractivity contribution in [3.05, 3.63) is 47.5 Å². The molecule has 0 bridgehead atoms. The van der Waals surface area contributed by atoms with E-state index in [-0.39, 0.29) is 6.10 Å². The largest absolute Gasteiger partial charge is 0.393 e. The molecule has 1 nitrogen and oxygen atoms in total. The maximum atomic E-state index is 9.48. The first-order valence-electron chi connectivity index (χ1n) is 8.38. The van der Waals surface area contributed by atoms with Crippen molar-refractivity contribution < 1.29 is 5.11 Å². The van der Waals surface area contributed by atoms with Crippen molar-refractivity contribution in [3.8, 4) is 0 Å². The number of fused-ring (bicyclic) bond motifs is 1. The van der Waals surface area contributed by atoms with Crippen LogP contribution in [0.5, 0.6) is 0 Å². The molecule has 0 radical (unpaired) electrons. The maximum absolute atomic E-state index is 9.48. The van der Waals surface area contributed by atoms with E-state index in [1.54, 1.807) is 0 Å². The van der Waals surface area contributed by atoms with Gasteiger partial charge in [0.2, 0.25) is 0 Å². The van der Waals surface area contributed by atoms with Crippen LogP contribution in [-0.4, -0.2) is 11.2 Å². The topological polar surface area (TPSA) is 20.2 Å². The van der Waals surface area contributed by atoms with Crippen molar-refractivity contribution >= 4 is 10.8 Å². The number of hydrogen-bond donors (Lipinski definition) is 1. The van der Waals surface area contributed by atoms with Crippen molar-refractivity contribution in [1.29, 1.82) is 0 Å². The van der Waals surface area contributed by atoms with E-state index in [0.717, 1.165) is 6.42 Å². The SMILES string of the molecule is CCCCCCCc1ccc2cc(CC(C)O)ccc2c1. The van der Waals surface area contributed by atoms with Crippen LogP contribution in [0.25, 0.3) is 10.8 Å². The summed E-state index contributed by atoms with van der Waals surface area (Å²) in [4.78, 5) is 0. The Morgan fingerprint density at radius 2 is 1.48 bits per heavy atom. The van der Waals surface area contributed by atoms with Gasteiger partial charge >= 0.3 is 0 Å². The molecular weight excluding hydrogens is 256 g/mol. The summed E-state index contributed by atoms with van der Waals surface area (Å²) in [5, 5.41) is 12.1. The second-order valence-electron chi connectivity index (χ2n) is 6.23. The molecule has 0 amide bonds. The lowest BCUT2D eigenvalue weighted by Gasteiger charge is -2.08. The fourth-order valence-electron chi connectivity index (χ4n) is 2.90. The van der Waals surface area contributed by atoms with E-state index in [9.17, 15) is 5.11 Å². The monoisotopic (exact) mass is 284 g/mol. The standard InChI is InChI=1S/C20H28O/c1-3-4-5-6-7-8-17-9-11-20-15-18(13-16(2)21)10-12-19(20)14-17/h9-12,14-16,21H,3-8,13H2,1-2H3. The molecule has 0 spiro atoms. The molecule has 2 rings (SSSR count). The van der Waals surface area contributed by atoms with Crippen molar-refractivity contribution in [2.45, 2.75) is 64.9 Å².